The third-order valence-corrected chi connectivity index (χ3v) is 6.00. The van der Waals surface area contributed by atoms with Crippen molar-refractivity contribution in [3.8, 4) is 17.1 Å². The van der Waals surface area contributed by atoms with E-state index in [1.807, 2.05) is 55.5 Å². The van der Waals surface area contributed by atoms with Crippen LogP contribution >= 0.6 is 15.9 Å². The Kier molecular flexibility index (Phi) is 7.55. The van der Waals surface area contributed by atoms with E-state index < -0.39 is 0 Å². The van der Waals surface area contributed by atoms with Crippen LogP contribution in [0.1, 0.15) is 31.2 Å². The number of hydrogen-bond acceptors (Lipinski definition) is 6. The van der Waals surface area contributed by atoms with E-state index in [4.69, 9.17) is 9.26 Å². The van der Waals surface area contributed by atoms with Crippen molar-refractivity contribution >= 4 is 21.8 Å². The predicted molar refractivity (Wildman–Crippen MR) is 125 cm³/mol. The molecule has 1 fully saturated rings. The minimum absolute atomic E-state index is 0.0597. The van der Waals surface area contributed by atoms with Crippen molar-refractivity contribution in [1.29, 1.82) is 0 Å². The first-order valence-corrected chi connectivity index (χ1v) is 11.7. The number of benzene rings is 2. The van der Waals surface area contributed by atoms with Crippen LogP contribution in [-0.4, -0.2) is 40.6 Å². The van der Waals surface area contributed by atoms with E-state index in [1.54, 1.807) is 0 Å². The monoisotopic (exact) mass is 498 g/mol. The number of aromatic nitrogens is 2. The zero-order valence-corrected chi connectivity index (χ0v) is 19.7. The normalized spacial score (nSPS) is 16.6. The predicted octanol–water partition coefficient (Wildman–Crippen LogP) is 4.43. The summed E-state index contributed by atoms with van der Waals surface area (Å²) in [6.07, 6.45) is 1.84. The van der Waals surface area contributed by atoms with Gasteiger partial charge in [0.1, 0.15) is 5.75 Å². The van der Waals surface area contributed by atoms with Gasteiger partial charge in [0.15, 0.2) is 0 Å². The second-order valence-corrected chi connectivity index (χ2v) is 8.77. The van der Waals surface area contributed by atoms with E-state index >= 15 is 0 Å². The Labute approximate surface area is 196 Å². The summed E-state index contributed by atoms with van der Waals surface area (Å²) in [7, 11) is 0. The molecule has 1 unspecified atom stereocenters. The summed E-state index contributed by atoms with van der Waals surface area (Å²) < 4.78 is 12.1. The molecule has 0 bridgehead atoms. The van der Waals surface area contributed by atoms with E-state index in [0.29, 0.717) is 38.0 Å². The summed E-state index contributed by atoms with van der Waals surface area (Å²) in [5.41, 5.74) is 1.89. The first-order valence-electron chi connectivity index (χ1n) is 10.9. The molecule has 7 nitrogen and oxygen atoms in total. The van der Waals surface area contributed by atoms with Crippen LogP contribution < -0.4 is 10.1 Å². The fraction of sp³-hybridized carbons (Fsp3) is 0.375. The van der Waals surface area contributed by atoms with Crippen LogP contribution in [0.4, 0.5) is 0 Å². The van der Waals surface area contributed by atoms with Crippen molar-refractivity contribution in [2.45, 2.75) is 32.9 Å². The molecule has 2 heterocycles. The summed E-state index contributed by atoms with van der Waals surface area (Å²) in [4.78, 5) is 19.6. The second kappa shape index (κ2) is 10.7. The molecular weight excluding hydrogens is 472 g/mol. The lowest BCUT2D eigenvalue weighted by atomic mass is 9.97. The van der Waals surface area contributed by atoms with Crippen molar-refractivity contribution in [3.63, 3.8) is 0 Å². The number of rotatable bonds is 8. The highest BCUT2D eigenvalue weighted by atomic mass is 79.9. The number of para-hydroxylation sites is 1. The fourth-order valence-corrected chi connectivity index (χ4v) is 4.34. The summed E-state index contributed by atoms with van der Waals surface area (Å²) in [6, 6.07) is 15.6. The number of likely N-dealkylation sites (tertiary alicyclic amines) is 1. The number of ether oxygens (including phenoxy) is 1. The largest absolute Gasteiger partial charge is 0.494 e. The zero-order valence-electron chi connectivity index (χ0n) is 18.1. The Balaban J connectivity index is 1.32. The smallest absolute Gasteiger partial charge is 0.241 e. The van der Waals surface area contributed by atoms with E-state index in [-0.39, 0.29) is 11.8 Å². The molecule has 2 aromatic carbocycles. The van der Waals surface area contributed by atoms with Gasteiger partial charge in [-0.2, -0.15) is 4.98 Å². The first kappa shape index (κ1) is 22.5. The molecular formula is C24H27BrN4O3. The highest BCUT2D eigenvalue weighted by molar-refractivity contribution is 9.10. The average Bonchev–Trinajstić information content (AvgIpc) is 3.27. The molecule has 1 atom stereocenters. The maximum atomic E-state index is 12.8. The molecule has 0 saturated carbocycles. The molecule has 1 aromatic heterocycles. The number of halogens is 1. The third kappa shape index (κ3) is 5.75. The van der Waals surface area contributed by atoms with Crippen LogP contribution in [-0.2, 0) is 17.9 Å². The lowest BCUT2D eigenvalue weighted by molar-refractivity contribution is -0.127. The number of hydrogen-bond donors (Lipinski definition) is 1. The Morgan fingerprint density at radius 2 is 2.16 bits per heavy atom. The number of carbonyl (C=O) groups excluding carboxylic acids is 1. The first-order chi connectivity index (χ1) is 15.6. The summed E-state index contributed by atoms with van der Waals surface area (Å²) >= 11 is 3.47. The Bertz CT molecular complexity index is 1050. The molecule has 1 saturated heterocycles. The molecule has 4 rings (SSSR count). The maximum Gasteiger partial charge on any atom is 0.241 e. The van der Waals surface area contributed by atoms with Crippen LogP contribution in [0.3, 0.4) is 0 Å². The number of carbonyl (C=O) groups is 1. The third-order valence-electron chi connectivity index (χ3n) is 5.51. The van der Waals surface area contributed by atoms with Gasteiger partial charge in [0, 0.05) is 28.7 Å². The minimum atomic E-state index is -0.0597. The molecule has 1 aliphatic rings. The number of nitrogens with one attached hydrogen (secondary N) is 1. The summed E-state index contributed by atoms with van der Waals surface area (Å²) in [6.45, 7) is 5.14. The van der Waals surface area contributed by atoms with Crippen LogP contribution in [0, 0.1) is 5.92 Å². The lowest BCUT2D eigenvalue weighted by Crippen LogP contribution is -2.42. The van der Waals surface area contributed by atoms with Gasteiger partial charge in [-0.3, -0.25) is 9.69 Å². The van der Waals surface area contributed by atoms with Crippen LogP contribution in [0.2, 0.25) is 0 Å². The van der Waals surface area contributed by atoms with E-state index in [9.17, 15) is 4.79 Å². The molecule has 3 aromatic rings. The molecule has 1 amide bonds. The Morgan fingerprint density at radius 3 is 3.00 bits per heavy atom. The highest BCUT2D eigenvalue weighted by Crippen LogP contribution is 2.23. The van der Waals surface area contributed by atoms with Gasteiger partial charge >= 0.3 is 0 Å². The molecule has 0 radical (unpaired) electrons. The zero-order chi connectivity index (χ0) is 22.3. The fourth-order valence-electron chi connectivity index (χ4n) is 3.94. The quantitative estimate of drug-likeness (QED) is 0.494. The topological polar surface area (TPSA) is 80.5 Å². The number of nitrogens with zero attached hydrogens (tertiary/aromatic N) is 3. The van der Waals surface area contributed by atoms with Gasteiger partial charge in [-0.25, -0.2) is 0 Å². The summed E-state index contributed by atoms with van der Waals surface area (Å²) in [5.74, 6) is 1.96. The molecule has 0 spiro atoms. The molecule has 1 aliphatic heterocycles. The second-order valence-electron chi connectivity index (χ2n) is 7.85. The van der Waals surface area contributed by atoms with Crippen LogP contribution in [0.15, 0.2) is 57.5 Å². The molecule has 32 heavy (non-hydrogen) atoms. The van der Waals surface area contributed by atoms with Gasteiger partial charge in [-0.1, -0.05) is 51.4 Å². The van der Waals surface area contributed by atoms with Gasteiger partial charge < -0.3 is 14.6 Å². The lowest BCUT2D eigenvalue weighted by Gasteiger charge is -2.30. The Hall–Kier alpha value is -2.71. The van der Waals surface area contributed by atoms with Crippen LogP contribution in [0.5, 0.6) is 5.75 Å². The summed E-state index contributed by atoms with van der Waals surface area (Å²) in [5, 5.41) is 7.19. The molecule has 8 heteroatoms. The van der Waals surface area contributed by atoms with Crippen molar-refractivity contribution in [3.05, 3.63) is 64.5 Å². The SMILES string of the molecule is CCOc1ccccc1CNC(=O)C1CCCN(Cc2nc(-c3cccc(Br)c3)no2)C1. The van der Waals surface area contributed by atoms with Gasteiger partial charge in [0.2, 0.25) is 17.6 Å². The van der Waals surface area contributed by atoms with Gasteiger partial charge in [0.25, 0.3) is 0 Å². The van der Waals surface area contributed by atoms with E-state index in [0.717, 1.165) is 40.7 Å². The molecule has 0 aliphatic carbocycles. The van der Waals surface area contributed by atoms with Crippen molar-refractivity contribution in [2.75, 3.05) is 19.7 Å². The number of piperidine rings is 1. The molecule has 1 N–H and O–H groups in total. The standard InChI is InChI=1S/C24H27BrN4O3/c1-2-31-21-11-4-3-7-18(21)14-26-24(30)19-9-6-12-29(15-19)16-22-27-23(28-32-22)17-8-5-10-20(25)13-17/h3-5,7-8,10-11,13,19H,2,6,9,12,14-16H2,1H3,(H,26,30). The number of amides is 1. The van der Waals surface area contributed by atoms with E-state index in [1.165, 1.54) is 0 Å². The van der Waals surface area contributed by atoms with Gasteiger partial charge in [0.05, 0.1) is 19.1 Å². The van der Waals surface area contributed by atoms with Crippen molar-refractivity contribution in [1.82, 2.24) is 20.4 Å². The molecule has 168 valence electrons. The minimum Gasteiger partial charge on any atom is -0.494 e. The van der Waals surface area contributed by atoms with E-state index in [2.05, 4.69) is 36.3 Å². The van der Waals surface area contributed by atoms with Crippen molar-refractivity contribution < 1.29 is 14.1 Å². The van der Waals surface area contributed by atoms with Crippen molar-refractivity contribution in [2.24, 2.45) is 5.92 Å². The van der Waals surface area contributed by atoms with Gasteiger partial charge in [-0.15, -0.1) is 0 Å². The van der Waals surface area contributed by atoms with Crippen LogP contribution in [0.25, 0.3) is 11.4 Å². The average molecular weight is 499 g/mol. The van der Waals surface area contributed by atoms with Gasteiger partial charge in [-0.05, 0) is 44.5 Å². The Morgan fingerprint density at radius 1 is 1.28 bits per heavy atom. The highest BCUT2D eigenvalue weighted by Gasteiger charge is 2.27. The maximum absolute atomic E-state index is 12.8.